The van der Waals surface area contributed by atoms with Gasteiger partial charge < -0.3 is 10.6 Å². The third-order valence-electron chi connectivity index (χ3n) is 6.39. The van der Waals surface area contributed by atoms with Crippen molar-refractivity contribution in [1.82, 2.24) is 25.1 Å². The Kier molecular flexibility index (Phi) is 6.51. The summed E-state index contributed by atoms with van der Waals surface area (Å²) in [7, 11) is 0. The lowest BCUT2D eigenvalue weighted by Gasteiger charge is -2.37. The zero-order chi connectivity index (χ0) is 25.1. The van der Waals surface area contributed by atoms with E-state index in [1.165, 1.54) is 22.7 Å². The topological polar surface area (TPSA) is 107 Å². The Morgan fingerprint density at radius 1 is 0.972 bits per heavy atom. The van der Waals surface area contributed by atoms with Crippen molar-refractivity contribution in [3.05, 3.63) is 90.2 Å². The number of rotatable bonds is 7. The molecule has 3 aromatic carbocycles. The number of primary amides is 1. The summed E-state index contributed by atoms with van der Waals surface area (Å²) in [4.78, 5) is 28.1. The van der Waals surface area contributed by atoms with E-state index in [0.29, 0.717) is 41.2 Å². The van der Waals surface area contributed by atoms with Gasteiger partial charge in [0.05, 0.1) is 11.4 Å². The second kappa shape index (κ2) is 9.90. The van der Waals surface area contributed by atoms with Crippen molar-refractivity contribution in [3.8, 4) is 16.8 Å². The van der Waals surface area contributed by atoms with Gasteiger partial charge in [0.2, 0.25) is 17.0 Å². The number of nitrogens with two attached hydrogens (primary N) is 1. The second-order valence-corrected chi connectivity index (χ2v) is 9.34. The second-order valence-electron chi connectivity index (χ2n) is 8.40. The number of carbonyl (C=O) groups is 2. The van der Waals surface area contributed by atoms with Crippen molar-refractivity contribution in [2.45, 2.75) is 23.5 Å². The highest BCUT2D eigenvalue weighted by atomic mass is 32.2. The molecule has 2 amide bonds. The van der Waals surface area contributed by atoms with Gasteiger partial charge in [0.1, 0.15) is 11.4 Å². The monoisotopic (exact) mass is 502 g/mol. The minimum atomic E-state index is -1.39. The molecule has 36 heavy (non-hydrogen) atoms. The average Bonchev–Trinajstić information content (AvgIpc) is 3.56. The van der Waals surface area contributed by atoms with Crippen LogP contribution in [-0.4, -0.2) is 49.2 Å². The fourth-order valence-electron chi connectivity index (χ4n) is 4.79. The van der Waals surface area contributed by atoms with Gasteiger partial charge >= 0.3 is 0 Å². The molecule has 182 valence electrons. The van der Waals surface area contributed by atoms with Crippen LogP contribution in [0.5, 0.6) is 0 Å². The first-order chi connectivity index (χ1) is 17.5. The molecule has 1 fully saturated rings. The lowest BCUT2D eigenvalue weighted by molar-refractivity contribution is -0.142. The number of carbonyl (C=O) groups excluding carboxylic acids is 2. The van der Waals surface area contributed by atoms with Gasteiger partial charge in [-0.1, -0.05) is 72.4 Å². The minimum Gasteiger partial charge on any atom is -0.367 e. The largest absolute Gasteiger partial charge is 0.367 e. The van der Waals surface area contributed by atoms with E-state index in [1.807, 2.05) is 30.3 Å². The van der Waals surface area contributed by atoms with E-state index < -0.39 is 17.3 Å². The zero-order valence-electron chi connectivity index (χ0n) is 19.3. The van der Waals surface area contributed by atoms with Crippen molar-refractivity contribution < 1.29 is 14.0 Å². The lowest BCUT2D eigenvalue weighted by atomic mass is 9.81. The lowest BCUT2D eigenvalue weighted by Crippen LogP contribution is -2.54. The van der Waals surface area contributed by atoms with Crippen molar-refractivity contribution in [2.75, 3.05) is 12.3 Å². The number of nitrogens with zero attached hydrogens (tertiary/aromatic N) is 5. The van der Waals surface area contributed by atoms with Gasteiger partial charge in [-0.3, -0.25) is 9.59 Å². The fourth-order valence-corrected chi connectivity index (χ4v) is 5.55. The van der Waals surface area contributed by atoms with E-state index in [-0.39, 0.29) is 11.7 Å². The van der Waals surface area contributed by atoms with E-state index in [9.17, 15) is 14.0 Å². The highest BCUT2D eigenvalue weighted by molar-refractivity contribution is 7.99. The zero-order valence-corrected chi connectivity index (χ0v) is 20.1. The highest BCUT2D eigenvalue weighted by Crippen LogP contribution is 2.44. The predicted octanol–water partition coefficient (Wildman–Crippen LogP) is 3.56. The molecule has 0 bridgehead atoms. The number of hydrogen-bond donors (Lipinski definition) is 1. The molecule has 1 aromatic heterocycles. The van der Waals surface area contributed by atoms with Gasteiger partial charge in [-0.2, -0.15) is 4.68 Å². The molecule has 1 atom stereocenters. The fraction of sp³-hybridized carbons (Fsp3) is 0.192. The van der Waals surface area contributed by atoms with E-state index in [4.69, 9.17) is 5.73 Å². The highest BCUT2D eigenvalue weighted by Gasteiger charge is 2.51. The van der Waals surface area contributed by atoms with Crippen LogP contribution in [0.15, 0.2) is 84.0 Å². The third kappa shape index (κ3) is 4.13. The Hall–Kier alpha value is -4.05. The van der Waals surface area contributed by atoms with Crippen LogP contribution >= 0.6 is 11.8 Å². The SMILES string of the molecule is NC(=O)[C@]1(c2ccccc2-c2ccccc2F)CCCN1C(=O)CSc1nnnn1-c1ccccc1. The van der Waals surface area contributed by atoms with Crippen molar-refractivity contribution in [1.29, 1.82) is 0 Å². The minimum absolute atomic E-state index is 0.00407. The van der Waals surface area contributed by atoms with Gasteiger partial charge in [-0.25, -0.2) is 4.39 Å². The molecule has 4 aromatic rings. The van der Waals surface area contributed by atoms with Crippen molar-refractivity contribution in [2.24, 2.45) is 5.73 Å². The Labute approximate surface area is 211 Å². The number of benzene rings is 3. The molecular formula is C26H23FN6O2S. The van der Waals surface area contributed by atoms with Crippen LogP contribution in [0.2, 0.25) is 0 Å². The van der Waals surface area contributed by atoms with E-state index >= 15 is 0 Å². The van der Waals surface area contributed by atoms with E-state index in [0.717, 1.165) is 5.69 Å². The third-order valence-corrected chi connectivity index (χ3v) is 7.30. The first-order valence-electron chi connectivity index (χ1n) is 11.4. The molecule has 1 aliphatic rings. The maximum Gasteiger partial charge on any atom is 0.248 e. The summed E-state index contributed by atoms with van der Waals surface area (Å²) in [5, 5.41) is 12.3. The predicted molar refractivity (Wildman–Crippen MR) is 134 cm³/mol. The molecule has 1 saturated heterocycles. The average molecular weight is 503 g/mol. The first kappa shape index (κ1) is 23.7. The van der Waals surface area contributed by atoms with E-state index in [1.54, 1.807) is 47.1 Å². The Morgan fingerprint density at radius 3 is 2.42 bits per heavy atom. The molecule has 0 unspecified atom stereocenters. The Morgan fingerprint density at radius 2 is 1.67 bits per heavy atom. The molecule has 2 heterocycles. The molecule has 1 aliphatic heterocycles. The van der Waals surface area contributed by atoms with Gasteiger partial charge in [-0.15, -0.1) is 5.10 Å². The molecule has 0 radical (unpaired) electrons. The molecule has 10 heteroatoms. The number of halogens is 1. The maximum atomic E-state index is 14.8. The number of hydrogen-bond acceptors (Lipinski definition) is 6. The summed E-state index contributed by atoms with van der Waals surface area (Å²) in [5.41, 5.74) is 6.79. The first-order valence-corrected chi connectivity index (χ1v) is 12.4. The number of likely N-dealkylation sites (tertiary alicyclic amines) is 1. The maximum absolute atomic E-state index is 14.8. The van der Waals surface area contributed by atoms with Crippen molar-refractivity contribution >= 4 is 23.6 Å². The molecule has 0 aliphatic carbocycles. The smallest absolute Gasteiger partial charge is 0.248 e. The number of amides is 2. The van der Waals surface area contributed by atoms with Gasteiger partial charge in [0.25, 0.3) is 0 Å². The van der Waals surface area contributed by atoms with Gasteiger partial charge in [0.15, 0.2) is 0 Å². The summed E-state index contributed by atoms with van der Waals surface area (Å²) in [6, 6.07) is 22.8. The van der Waals surface area contributed by atoms with Crippen LogP contribution in [0.4, 0.5) is 4.39 Å². The van der Waals surface area contributed by atoms with Crippen LogP contribution in [0, 0.1) is 5.82 Å². The van der Waals surface area contributed by atoms with Crippen LogP contribution in [0.1, 0.15) is 18.4 Å². The molecule has 0 spiro atoms. The summed E-state index contributed by atoms with van der Waals surface area (Å²) >= 11 is 1.18. The number of tetrazole rings is 1. The van der Waals surface area contributed by atoms with Crippen LogP contribution in [0.3, 0.4) is 0 Å². The van der Waals surface area contributed by atoms with Gasteiger partial charge in [0, 0.05) is 12.1 Å². The summed E-state index contributed by atoms with van der Waals surface area (Å²) in [6.45, 7) is 0.359. The van der Waals surface area contributed by atoms with Gasteiger partial charge in [-0.05, 0) is 52.6 Å². The van der Waals surface area contributed by atoms with Crippen LogP contribution < -0.4 is 5.73 Å². The Bertz CT molecular complexity index is 1410. The molecular weight excluding hydrogens is 479 g/mol. The molecule has 8 nitrogen and oxygen atoms in total. The quantitative estimate of drug-likeness (QED) is 0.387. The molecule has 2 N–H and O–H groups in total. The normalized spacial score (nSPS) is 17.3. The van der Waals surface area contributed by atoms with Crippen LogP contribution in [0.25, 0.3) is 16.8 Å². The summed E-state index contributed by atoms with van der Waals surface area (Å²) < 4.78 is 16.3. The van der Waals surface area contributed by atoms with Crippen molar-refractivity contribution in [3.63, 3.8) is 0 Å². The number of para-hydroxylation sites is 1. The van der Waals surface area contributed by atoms with E-state index in [2.05, 4.69) is 15.5 Å². The standard InChI is InChI=1S/C26H23FN6O2S/c27-22-14-7-5-12-20(22)19-11-4-6-13-21(19)26(24(28)35)15-8-16-32(26)23(34)17-36-25-29-30-31-33(25)18-9-2-1-3-10-18/h1-7,9-14H,8,15-17H2,(H2,28,35)/t26-/m1/s1. The number of thioether (sulfide) groups is 1. The summed E-state index contributed by atoms with van der Waals surface area (Å²) in [5.74, 6) is -1.33. The summed E-state index contributed by atoms with van der Waals surface area (Å²) in [6.07, 6.45) is 0.943. The molecule has 0 saturated carbocycles. The Balaban J connectivity index is 1.47. The molecule has 5 rings (SSSR count). The van der Waals surface area contributed by atoms with Crippen LogP contribution in [-0.2, 0) is 15.1 Å². The number of aromatic nitrogens is 4.